The molecule has 1 saturated carbocycles. The van der Waals surface area contributed by atoms with Crippen LogP contribution in [-0.4, -0.2) is 87.5 Å². The lowest BCUT2D eigenvalue weighted by Gasteiger charge is -2.42. The van der Waals surface area contributed by atoms with Gasteiger partial charge in [0.05, 0.1) is 35.5 Å². The average molecular weight is 824 g/mol. The van der Waals surface area contributed by atoms with Crippen molar-refractivity contribution in [3.05, 3.63) is 53.6 Å². The van der Waals surface area contributed by atoms with Gasteiger partial charge in [-0.15, -0.1) is 0 Å². The number of hydrogen-bond acceptors (Lipinski definition) is 9. The molecule has 0 aromatic heterocycles. The van der Waals surface area contributed by atoms with Crippen LogP contribution in [0.15, 0.2) is 42.5 Å². The smallest absolute Gasteiger partial charge is 0.378 e. The molecule has 312 valence electrons. The van der Waals surface area contributed by atoms with Crippen molar-refractivity contribution in [2.75, 3.05) is 28.7 Å². The number of nitrogens with one attached hydrogen (secondary N) is 3. The highest BCUT2D eigenvalue weighted by atomic mass is 32.1. The molecular weight excluding hydrogens is 772 g/mol. The number of carbonyl (C=O) groups excluding carboxylic acids is 4. The summed E-state index contributed by atoms with van der Waals surface area (Å²) in [4.78, 5) is 55.7. The number of benzene rings is 2. The van der Waals surface area contributed by atoms with E-state index in [9.17, 15) is 37.6 Å². The van der Waals surface area contributed by atoms with Crippen molar-refractivity contribution >= 4 is 58.0 Å². The van der Waals surface area contributed by atoms with Crippen LogP contribution in [0.3, 0.4) is 0 Å². The third-order valence-corrected chi connectivity index (χ3v) is 12.5. The second kappa shape index (κ2) is 17.7. The zero-order valence-electron chi connectivity index (χ0n) is 33.4. The molecule has 0 radical (unpaired) electrons. The normalized spacial score (nSPS) is 26.7. The summed E-state index contributed by atoms with van der Waals surface area (Å²) in [5.74, 6) is -0.662. The first-order valence-electron chi connectivity index (χ1n) is 20.1. The number of carbonyl (C=O) groups is 4. The maximum atomic E-state index is 13.7. The number of anilines is 3. The van der Waals surface area contributed by atoms with Gasteiger partial charge in [0, 0.05) is 42.5 Å². The van der Waals surface area contributed by atoms with E-state index in [1.165, 1.54) is 11.0 Å². The SMILES string of the molecule is CC1CC(OCCCC2CCC(N3C(=S)N(c4ccc(C#N)c(C(F)(F)F)c4)C(=O)C3(C)C)CC2)CC(C)N1CC(=O)Nc1cccc(NC2CCC(=O)NC2=O)c1. The zero-order valence-corrected chi connectivity index (χ0v) is 34.2. The van der Waals surface area contributed by atoms with Crippen LogP contribution in [0.5, 0.6) is 0 Å². The van der Waals surface area contributed by atoms with E-state index in [1.807, 2.05) is 11.0 Å². The second-order valence-electron chi connectivity index (χ2n) is 16.6. The molecule has 16 heteroatoms. The standard InChI is InChI=1S/C42H52F3N7O5S/c1-25-19-33(20-26(2)50(25)24-37(54)48-30-9-5-8-29(21-30)47-35-16-17-36(53)49-38(35)55)57-18-6-7-27-10-13-31(14-11-27)52-40(58)51(39(56)41(52,3)4)32-15-12-28(23-46)34(22-32)42(43,44)45/h5,8-9,12,15,21-22,25-27,31,33,35,47H,6-7,10-11,13-14,16-20,24H2,1-4H3,(H,48,54)(H,49,53,55). The molecule has 0 bridgehead atoms. The Morgan fingerprint density at radius 3 is 2.36 bits per heavy atom. The van der Waals surface area contributed by atoms with Gasteiger partial charge in [0.1, 0.15) is 11.6 Å². The van der Waals surface area contributed by atoms with Crippen molar-refractivity contribution in [2.45, 2.75) is 134 Å². The molecule has 6 rings (SSSR count). The molecule has 4 fully saturated rings. The van der Waals surface area contributed by atoms with E-state index in [-0.39, 0.29) is 65.7 Å². The monoisotopic (exact) mass is 823 g/mol. The van der Waals surface area contributed by atoms with Crippen molar-refractivity contribution < 1.29 is 37.1 Å². The van der Waals surface area contributed by atoms with Gasteiger partial charge < -0.3 is 20.3 Å². The lowest BCUT2D eigenvalue weighted by Crippen LogP contribution is -2.51. The van der Waals surface area contributed by atoms with Crippen molar-refractivity contribution in [3.63, 3.8) is 0 Å². The fourth-order valence-electron chi connectivity index (χ4n) is 9.06. The highest BCUT2D eigenvalue weighted by Gasteiger charge is 2.52. The van der Waals surface area contributed by atoms with E-state index < -0.39 is 34.8 Å². The summed E-state index contributed by atoms with van der Waals surface area (Å²) in [6.45, 7) is 8.63. The molecule has 1 aliphatic carbocycles. The number of ether oxygens (including phenoxy) is 1. The number of halogens is 3. The van der Waals surface area contributed by atoms with E-state index in [2.05, 4.69) is 34.7 Å². The van der Waals surface area contributed by atoms with Gasteiger partial charge in [-0.05, 0) is 140 Å². The largest absolute Gasteiger partial charge is 0.417 e. The molecular formula is C42H52F3N7O5S. The number of rotatable bonds is 12. The lowest BCUT2D eigenvalue weighted by molar-refractivity contribution is -0.138. The van der Waals surface area contributed by atoms with E-state index >= 15 is 0 Å². The molecule has 3 atom stereocenters. The number of piperidine rings is 2. The quantitative estimate of drug-likeness (QED) is 0.120. The third-order valence-electron chi connectivity index (χ3n) is 12.1. The van der Waals surface area contributed by atoms with Crippen molar-refractivity contribution in [3.8, 4) is 6.07 Å². The van der Waals surface area contributed by atoms with Gasteiger partial charge >= 0.3 is 6.18 Å². The van der Waals surface area contributed by atoms with Gasteiger partial charge in [-0.1, -0.05) is 6.07 Å². The number of imide groups is 1. The highest BCUT2D eigenvalue weighted by Crippen LogP contribution is 2.41. The number of nitriles is 1. The summed E-state index contributed by atoms with van der Waals surface area (Å²) in [6, 6.07) is 11.8. The van der Waals surface area contributed by atoms with E-state index in [1.54, 1.807) is 38.1 Å². The summed E-state index contributed by atoms with van der Waals surface area (Å²) in [5.41, 5.74) is -1.34. The Kier molecular flexibility index (Phi) is 13.1. The van der Waals surface area contributed by atoms with Gasteiger partial charge in [0.2, 0.25) is 17.7 Å². The lowest BCUT2D eigenvalue weighted by atomic mass is 9.82. The number of alkyl halides is 3. The Hall–Kier alpha value is -4.59. The first kappa shape index (κ1) is 43.0. The molecule has 12 nitrogen and oxygen atoms in total. The summed E-state index contributed by atoms with van der Waals surface area (Å²) in [5, 5.41) is 17.9. The topological polar surface area (TPSA) is 147 Å². The predicted molar refractivity (Wildman–Crippen MR) is 217 cm³/mol. The first-order chi connectivity index (χ1) is 27.5. The molecule has 3 unspecified atom stereocenters. The Labute approximate surface area is 342 Å². The first-order valence-corrected chi connectivity index (χ1v) is 20.5. The van der Waals surface area contributed by atoms with Crippen LogP contribution in [0.2, 0.25) is 0 Å². The molecule has 58 heavy (non-hydrogen) atoms. The van der Waals surface area contributed by atoms with Gasteiger partial charge in [0.15, 0.2) is 5.11 Å². The molecule has 3 saturated heterocycles. The number of thiocarbonyl (C=S) groups is 1. The fraction of sp³-hybridized carbons (Fsp3) is 0.571. The van der Waals surface area contributed by atoms with Crippen LogP contribution in [0.1, 0.15) is 103 Å². The van der Waals surface area contributed by atoms with E-state index in [0.717, 1.165) is 63.5 Å². The molecule has 0 spiro atoms. The minimum Gasteiger partial charge on any atom is -0.378 e. The minimum absolute atomic E-state index is 0.00614. The van der Waals surface area contributed by atoms with Crippen LogP contribution in [0, 0.1) is 17.2 Å². The van der Waals surface area contributed by atoms with Crippen LogP contribution >= 0.6 is 12.2 Å². The van der Waals surface area contributed by atoms with Crippen LogP contribution < -0.4 is 20.9 Å². The molecule has 2 aromatic rings. The Bertz CT molecular complexity index is 1930. The summed E-state index contributed by atoms with van der Waals surface area (Å²) >= 11 is 5.76. The van der Waals surface area contributed by atoms with E-state index in [0.29, 0.717) is 30.3 Å². The number of hydrogen-bond donors (Lipinski definition) is 3. The van der Waals surface area contributed by atoms with Gasteiger partial charge in [-0.2, -0.15) is 18.4 Å². The molecule has 3 aliphatic heterocycles. The Balaban J connectivity index is 0.919. The van der Waals surface area contributed by atoms with Gasteiger partial charge in [0.25, 0.3) is 5.91 Å². The van der Waals surface area contributed by atoms with Crippen LogP contribution in [0.25, 0.3) is 0 Å². The number of amides is 4. The minimum atomic E-state index is -4.75. The summed E-state index contributed by atoms with van der Waals surface area (Å²) in [6.07, 6.45) is 3.08. The van der Waals surface area contributed by atoms with Gasteiger partial charge in [-0.3, -0.25) is 34.3 Å². The van der Waals surface area contributed by atoms with Crippen LogP contribution in [0.4, 0.5) is 30.2 Å². The molecule has 4 aliphatic rings. The maximum Gasteiger partial charge on any atom is 0.417 e. The third kappa shape index (κ3) is 9.64. The van der Waals surface area contributed by atoms with Crippen molar-refractivity contribution in [1.82, 2.24) is 15.1 Å². The van der Waals surface area contributed by atoms with Crippen molar-refractivity contribution in [1.29, 1.82) is 5.26 Å². The maximum absolute atomic E-state index is 13.7. The van der Waals surface area contributed by atoms with Crippen molar-refractivity contribution in [2.24, 2.45) is 5.92 Å². The molecule has 3 heterocycles. The summed E-state index contributed by atoms with van der Waals surface area (Å²) < 4.78 is 47.6. The number of nitrogens with zero attached hydrogens (tertiary/aromatic N) is 4. The Morgan fingerprint density at radius 2 is 1.71 bits per heavy atom. The zero-order chi connectivity index (χ0) is 41.9. The summed E-state index contributed by atoms with van der Waals surface area (Å²) in [7, 11) is 0. The van der Waals surface area contributed by atoms with Crippen LogP contribution in [-0.2, 0) is 30.1 Å². The Morgan fingerprint density at radius 1 is 1.02 bits per heavy atom. The molecule has 2 aromatic carbocycles. The highest BCUT2D eigenvalue weighted by molar-refractivity contribution is 7.80. The molecule has 3 N–H and O–H groups in total. The fourth-order valence-corrected chi connectivity index (χ4v) is 9.63. The number of likely N-dealkylation sites (tertiary alicyclic amines) is 1. The predicted octanol–water partition coefficient (Wildman–Crippen LogP) is 6.74. The van der Waals surface area contributed by atoms with E-state index in [4.69, 9.17) is 17.0 Å². The second-order valence-corrected chi connectivity index (χ2v) is 17.0. The van der Waals surface area contributed by atoms with Gasteiger partial charge in [-0.25, -0.2) is 0 Å². The molecule has 4 amide bonds. The average Bonchev–Trinajstić information content (AvgIpc) is 3.34.